The van der Waals surface area contributed by atoms with Gasteiger partial charge in [-0.25, -0.2) is 8.42 Å². The molecular formula is C19H31N3O3S. The number of aryl methyl sites for hydroxylation is 1. The number of ether oxygens (including phenoxy) is 1. The molecule has 146 valence electrons. The number of piperidine rings is 1. The van der Waals surface area contributed by atoms with Crippen molar-refractivity contribution in [2.45, 2.75) is 32.7 Å². The Bertz CT molecular complexity index is 707. The van der Waals surface area contributed by atoms with E-state index in [-0.39, 0.29) is 0 Å². The Labute approximate surface area is 157 Å². The normalized spacial score (nSPS) is 21.1. The molecule has 0 aromatic heterocycles. The lowest BCUT2D eigenvalue weighted by molar-refractivity contribution is 0.120. The van der Waals surface area contributed by atoms with E-state index in [1.165, 1.54) is 17.5 Å². The van der Waals surface area contributed by atoms with E-state index in [2.05, 4.69) is 34.9 Å². The van der Waals surface area contributed by atoms with E-state index in [4.69, 9.17) is 4.74 Å². The molecule has 0 saturated carbocycles. The number of hydrogen-bond acceptors (Lipinski definition) is 5. The van der Waals surface area contributed by atoms with Crippen molar-refractivity contribution in [3.05, 3.63) is 23.8 Å². The maximum absolute atomic E-state index is 11.7. The third-order valence-corrected chi connectivity index (χ3v) is 6.86. The maximum Gasteiger partial charge on any atom is 0.211 e. The van der Waals surface area contributed by atoms with Gasteiger partial charge in [0, 0.05) is 57.1 Å². The van der Waals surface area contributed by atoms with Crippen molar-refractivity contribution in [3.63, 3.8) is 0 Å². The molecule has 0 aliphatic carbocycles. The van der Waals surface area contributed by atoms with Crippen LogP contribution >= 0.6 is 0 Å². The monoisotopic (exact) mass is 381 g/mol. The van der Waals surface area contributed by atoms with E-state index in [9.17, 15) is 8.42 Å². The average Bonchev–Trinajstić information content (AvgIpc) is 2.63. The van der Waals surface area contributed by atoms with Crippen LogP contribution in [-0.2, 0) is 10.0 Å². The van der Waals surface area contributed by atoms with Gasteiger partial charge in [-0.3, -0.25) is 4.90 Å². The Morgan fingerprint density at radius 3 is 2.31 bits per heavy atom. The summed E-state index contributed by atoms with van der Waals surface area (Å²) < 4.78 is 30.6. The summed E-state index contributed by atoms with van der Waals surface area (Å²) in [6.07, 6.45) is 3.55. The molecule has 0 amide bonds. The molecule has 2 aliphatic rings. The van der Waals surface area contributed by atoms with Crippen molar-refractivity contribution in [2.24, 2.45) is 0 Å². The lowest BCUT2D eigenvalue weighted by Gasteiger charge is -2.42. The molecule has 0 spiro atoms. The zero-order valence-electron chi connectivity index (χ0n) is 16.1. The van der Waals surface area contributed by atoms with Crippen LogP contribution < -0.4 is 9.64 Å². The Kier molecular flexibility index (Phi) is 6.10. The lowest BCUT2D eigenvalue weighted by Crippen LogP contribution is -2.54. The van der Waals surface area contributed by atoms with Gasteiger partial charge in [0.15, 0.2) is 0 Å². The van der Waals surface area contributed by atoms with Crippen LogP contribution in [0, 0.1) is 6.92 Å². The van der Waals surface area contributed by atoms with Gasteiger partial charge >= 0.3 is 0 Å². The third-order valence-electron chi connectivity index (χ3n) is 5.56. The molecule has 26 heavy (non-hydrogen) atoms. The highest BCUT2D eigenvalue weighted by Crippen LogP contribution is 2.28. The first-order valence-electron chi connectivity index (χ1n) is 9.56. The highest BCUT2D eigenvalue weighted by atomic mass is 32.2. The second kappa shape index (κ2) is 8.15. The molecule has 1 aromatic carbocycles. The quantitative estimate of drug-likeness (QED) is 0.780. The van der Waals surface area contributed by atoms with Crippen LogP contribution in [0.1, 0.15) is 25.3 Å². The second-order valence-electron chi connectivity index (χ2n) is 7.30. The van der Waals surface area contributed by atoms with Crippen molar-refractivity contribution in [1.29, 1.82) is 0 Å². The fraction of sp³-hybridized carbons (Fsp3) is 0.684. The Morgan fingerprint density at radius 1 is 1.08 bits per heavy atom. The first kappa shape index (κ1) is 19.5. The van der Waals surface area contributed by atoms with Crippen LogP contribution in [0.4, 0.5) is 5.69 Å². The minimum absolute atomic E-state index is 0.560. The number of sulfonamides is 1. The first-order valence-corrected chi connectivity index (χ1v) is 11.4. The van der Waals surface area contributed by atoms with Gasteiger partial charge < -0.3 is 9.64 Å². The largest absolute Gasteiger partial charge is 0.494 e. The van der Waals surface area contributed by atoms with Gasteiger partial charge in [-0.1, -0.05) is 6.07 Å². The standard InChI is InChI=1S/C19H31N3O3S/c1-4-25-19-15-18(6-5-16(19)2)20-9-7-17(8-10-20)21-11-13-22(14-12-21)26(3,23)24/h5-6,15,17H,4,7-14H2,1-3H3. The van der Waals surface area contributed by atoms with Gasteiger partial charge in [0.05, 0.1) is 12.9 Å². The molecule has 2 aliphatic heterocycles. The summed E-state index contributed by atoms with van der Waals surface area (Å²) in [5, 5.41) is 0. The molecule has 0 radical (unpaired) electrons. The molecular weight excluding hydrogens is 350 g/mol. The summed E-state index contributed by atoms with van der Waals surface area (Å²) in [4.78, 5) is 4.91. The van der Waals surface area contributed by atoms with Crippen LogP contribution in [0.5, 0.6) is 5.75 Å². The number of benzene rings is 1. The molecule has 3 rings (SSSR count). The zero-order chi connectivity index (χ0) is 18.7. The van der Waals surface area contributed by atoms with Gasteiger partial charge in [-0.2, -0.15) is 4.31 Å². The van der Waals surface area contributed by atoms with Crippen LogP contribution in [0.2, 0.25) is 0 Å². The number of anilines is 1. The van der Waals surface area contributed by atoms with Gasteiger partial charge in [0.1, 0.15) is 5.75 Å². The maximum atomic E-state index is 11.7. The van der Waals surface area contributed by atoms with Crippen LogP contribution in [0.3, 0.4) is 0 Å². The van der Waals surface area contributed by atoms with Gasteiger partial charge in [-0.05, 0) is 38.3 Å². The number of nitrogens with zero attached hydrogens (tertiary/aromatic N) is 3. The number of piperazine rings is 1. The van der Waals surface area contributed by atoms with E-state index in [0.29, 0.717) is 25.7 Å². The smallest absolute Gasteiger partial charge is 0.211 e. The molecule has 2 saturated heterocycles. The molecule has 7 heteroatoms. The highest BCUT2D eigenvalue weighted by molar-refractivity contribution is 7.88. The van der Waals surface area contributed by atoms with Crippen molar-refractivity contribution < 1.29 is 13.2 Å². The lowest BCUT2D eigenvalue weighted by atomic mass is 10.0. The van der Waals surface area contributed by atoms with Crippen LogP contribution in [0.25, 0.3) is 0 Å². The summed E-state index contributed by atoms with van der Waals surface area (Å²) in [5.74, 6) is 0.976. The Balaban J connectivity index is 1.54. The van der Waals surface area contributed by atoms with Gasteiger partial charge in [0.2, 0.25) is 10.0 Å². The van der Waals surface area contributed by atoms with Crippen molar-refractivity contribution in [1.82, 2.24) is 9.21 Å². The van der Waals surface area contributed by atoms with E-state index < -0.39 is 10.0 Å². The number of hydrogen-bond donors (Lipinski definition) is 0. The Hall–Kier alpha value is -1.31. The first-order chi connectivity index (χ1) is 12.4. The third kappa shape index (κ3) is 4.50. The minimum Gasteiger partial charge on any atom is -0.494 e. The fourth-order valence-corrected chi connectivity index (χ4v) is 4.81. The van der Waals surface area contributed by atoms with Gasteiger partial charge in [0.25, 0.3) is 0 Å². The summed E-state index contributed by atoms with van der Waals surface area (Å²) in [6.45, 7) is 9.78. The van der Waals surface area contributed by atoms with E-state index in [1.54, 1.807) is 4.31 Å². The Morgan fingerprint density at radius 2 is 1.73 bits per heavy atom. The van der Waals surface area contributed by atoms with Crippen molar-refractivity contribution >= 4 is 15.7 Å². The molecule has 0 atom stereocenters. The fourth-order valence-electron chi connectivity index (χ4n) is 3.99. The van der Waals surface area contributed by atoms with Crippen molar-refractivity contribution in [3.8, 4) is 5.75 Å². The molecule has 0 unspecified atom stereocenters. The molecule has 1 aromatic rings. The SMILES string of the molecule is CCOc1cc(N2CCC(N3CCN(S(C)(=O)=O)CC3)CC2)ccc1C. The summed E-state index contributed by atoms with van der Waals surface area (Å²) >= 11 is 0. The minimum atomic E-state index is -3.05. The molecule has 0 bridgehead atoms. The van der Waals surface area contributed by atoms with Crippen LogP contribution in [-0.4, -0.2) is 75.8 Å². The molecule has 2 fully saturated rings. The second-order valence-corrected chi connectivity index (χ2v) is 9.28. The summed E-state index contributed by atoms with van der Waals surface area (Å²) in [5.41, 5.74) is 2.41. The molecule has 2 heterocycles. The predicted molar refractivity (Wildman–Crippen MR) is 106 cm³/mol. The van der Waals surface area contributed by atoms with Gasteiger partial charge in [-0.15, -0.1) is 0 Å². The summed E-state index contributed by atoms with van der Waals surface area (Å²) in [7, 11) is -3.05. The van der Waals surface area contributed by atoms with Crippen molar-refractivity contribution in [2.75, 3.05) is 57.0 Å². The highest BCUT2D eigenvalue weighted by Gasteiger charge is 2.30. The van der Waals surface area contributed by atoms with E-state index in [0.717, 1.165) is 44.8 Å². The molecule has 6 nitrogen and oxygen atoms in total. The average molecular weight is 382 g/mol. The summed E-state index contributed by atoms with van der Waals surface area (Å²) in [6, 6.07) is 7.04. The van der Waals surface area contributed by atoms with E-state index in [1.807, 2.05) is 6.92 Å². The zero-order valence-corrected chi connectivity index (χ0v) is 17.0. The number of rotatable bonds is 5. The molecule has 0 N–H and O–H groups in total. The predicted octanol–water partition coefficient (Wildman–Crippen LogP) is 1.94. The topological polar surface area (TPSA) is 53.1 Å². The van der Waals surface area contributed by atoms with E-state index >= 15 is 0 Å². The van der Waals surface area contributed by atoms with Crippen LogP contribution in [0.15, 0.2) is 18.2 Å².